The Morgan fingerprint density at radius 2 is 1.39 bits per heavy atom. The van der Waals surface area contributed by atoms with Crippen molar-refractivity contribution in [2.75, 3.05) is 13.2 Å². The smallest absolute Gasteiger partial charge is 0.413 e. The van der Waals surface area contributed by atoms with Gasteiger partial charge in [-0.05, 0) is 97.4 Å². The van der Waals surface area contributed by atoms with Crippen molar-refractivity contribution in [1.29, 1.82) is 0 Å². The lowest BCUT2D eigenvalue weighted by atomic mass is 10.0. The largest absolute Gasteiger partial charge is 0.494 e. The van der Waals surface area contributed by atoms with Crippen LogP contribution in [0, 0.1) is 0 Å². The van der Waals surface area contributed by atoms with Crippen molar-refractivity contribution < 1.29 is 38.2 Å². The monoisotopic (exact) mass is 681 g/mol. The summed E-state index contributed by atoms with van der Waals surface area (Å²) in [5, 5.41) is 5.33. The van der Waals surface area contributed by atoms with E-state index in [1.54, 1.807) is 48.5 Å². The molecule has 0 aliphatic rings. The van der Waals surface area contributed by atoms with Gasteiger partial charge >= 0.3 is 12.2 Å². The van der Waals surface area contributed by atoms with Gasteiger partial charge in [0.2, 0.25) is 0 Å². The van der Waals surface area contributed by atoms with E-state index in [9.17, 15) is 24.0 Å². The molecule has 1 aromatic carbocycles. The van der Waals surface area contributed by atoms with E-state index in [0.29, 0.717) is 55.3 Å². The molecule has 0 heterocycles. The van der Waals surface area contributed by atoms with Crippen LogP contribution in [0.4, 0.5) is 9.59 Å². The zero-order chi connectivity index (χ0) is 34.9. The molecule has 0 aromatic heterocycles. The van der Waals surface area contributed by atoms with E-state index in [1.807, 2.05) is 18.2 Å². The number of Topliss-reactive ketones (excluding diaryl/α,β-unsaturated/α-hetero) is 1. The number of hydrogen-bond acceptors (Lipinski definition) is 11. The van der Waals surface area contributed by atoms with Gasteiger partial charge in [0.1, 0.15) is 22.8 Å². The molecule has 0 aliphatic carbocycles. The predicted octanol–water partition coefficient (Wildman–Crippen LogP) is 6.98. The van der Waals surface area contributed by atoms with Crippen LogP contribution in [0.15, 0.2) is 23.2 Å². The van der Waals surface area contributed by atoms with Gasteiger partial charge in [0.15, 0.2) is 16.0 Å². The number of nitrogens with zero attached hydrogens (tertiary/aromatic N) is 1. The van der Waals surface area contributed by atoms with Gasteiger partial charge < -0.3 is 19.5 Å². The van der Waals surface area contributed by atoms with Crippen molar-refractivity contribution >= 4 is 57.6 Å². The number of carbonyl (C=O) groups excluding carboxylic acids is 5. The third kappa shape index (κ3) is 20.1. The van der Waals surface area contributed by atoms with Gasteiger partial charge in [0.25, 0.3) is 0 Å². The molecule has 0 fully saturated rings. The SMILES string of the molecule is CC(=O)SCc1ccc(OCCCC(=O)C(CCCCN=C(C)NC(=O)OC(C)(C)C)NC(=O)OC(C)(C)C)cc1CSC(C)=O. The predicted molar refractivity (Wildman–Crippen MR) is 184 cm³/mol. The van der Waals surface area contributed by atoms with Gasteiger partial charge in [-0.2, -0.15) is 0 Å². The molecule has 1 unspecified atom stereocenters. The number of hydrogen-bond donors (Lipinski definition) is 2. The summed E-state index contributed by atoms with van der Waals surface area (Å²) < 4.78 is 16.5. The number of amidine groups is 1. The first-order valence-corrected chi connectivity index (χ1v) is 17.4. The molecular formula is C33H51N3O8S2. The molecular weight excluding hydrogens is 631 g/mol. The molecule has 0 radical (unpaired) electrons. The molecule has 1 rings (SSSR count). The Kier molecular flexibility index (Phi) is 18.0. The average molecular weight is 682 g/mol. The van der Waals surface area contributed by atoms with E-state index in [4.69, 9.17) is 14.2 Å². The maximum atomic E-state index is 13.2. The molecule has 258 valence electrons. The van der Waals surface area contributed by atoms with Gasteiger partial charge in [0.05, 0.1) is 12.6 Å². The van der Waals surface area contributed by atoms with Crippen LogP contribution in [-0.4, -0.2) is 64.4 Å². The molecule has 0 bridgehead atoms. The van der Waals surface area contributed by atoms with Crippen LogP contribution in [0.2, 0.25) is 0 Å². The summed E-state index contributed by atoms with van der Waals surface area (Å²) in [5.74, 6) is 1.91. The van der Waals surface area contributed by atoms with Gasteiger partial charge in [-0.15, -0.1) is 0 Å². The average Bonchev–Trinajstić information content (AvgIpc) is 2.90. The number of thioether (sulfide) groups is 2. The quantitative estimate of drug-likeness (QED) is 0.106. The van der Waals surface area contributed by atoms with Crippen LogP contribution in [0.5, 0.6) is 5.75 Å². The maximum Gasteiger partial charge on any atom is 0.413 e. The Balaban J connectivity index is 2.72. The fourth-order valence-electron chi connectivity index (χ4n) is 3.90. The molecule has 0 spiro atoms. The second-order valence-corrected chi connectivity index (χ2v) is 15.0. The van der Waals surface area contributed by atoms with E-state index >= 15 is 0 Å². The lowest BCUT2D eigenvalue weighted by Gasteiger charge is -2.23. The molecule has 1 aromatic rings. The lowest BCUT2D eigenvalue weighted by Crippen LogP contribution is -2.43. The fraction of sp³-hybridized carbons (Fsp3) is 0.636. The number of benzene rings is 1. The van der Waals surface area contributed by atoms with Crippen LogP contribution in [0.25, 0.3) is 0 Å². The van der Waals surface area contributed by atoms with E-state index < -0.39 is 29.4 Å². The highest BCUT2D eigenvalue weighted by molar-refractivity contribution is 8.13. The van der Waals surface area contributed by atoms with Crippen LogP contribution >= 0.6 is 23.5 Å². The number of aliphatic imine (C=N–C) groups is 1. The molecule has 11 nitrogen and oxygen atoms in total. The minimum absolute atomic E-state index is 0.00240. The Bertz CT molecular complexity index is 1220. The summed E-state index contributed by atoms with van der Waals surface area (Å²) in [7, 11) is 0. The molecule has 2 N–H and O–H groups in total. The topological polar surface area (TPSA) is 149 Å². The standard InChI is InChI=1S/C33H51N3O8S2/c1-22(35-30(40)43-32(4,5)6)34-17-11-10-13-28(36-31(41)44-33(7,8)9)29(39)14-12-18-42-27-16-15-25(20-45-23(2)37)26(19-27)21-46-24(3)38/h15-16,19,28H,10-14,17-18,20-21H2,1-9H3,(H,36,41)(H,34,35,40). The Labute approximate surface area is 282 Å². The molecule has 13 heteroatoms. The van der Waals surface area contributed by atoms with Crippen molar-refractivity contribution in [2.45, 2.75) is 123 Å². The minimum atomic E-state index is -0.729. The molecule has 0 saturated carbocycles. The second-order valence-electron chi connectivity index (χ2n) is 12.7. The van der Waals surface area contributed by atoms with Gasteiger partial charge in [-0.1, -0.05) is 29.6 Å². The third-order valence-electron chi connectivity index (χ3n) is 5.89. The van der Waals surface area contributed by atoms with Crippen molar-refractivity contribution in [1.82, 2.24) is 10.6 Å². The van der Waals surface area contributed by atoms with E-state index in [2.05, 4.69) is 15.6 Å². The maximum absolute atomic E-state index is 13.2. The first-order chi connectivity index (χ1) is 21.3. The third-order valence-corrected chi connectivity index (χ3v) is 7.61. The first-order valence-electron chi connectivity index (χ1n) is 15.4. The number of ether oxygens (including phenoxy) is 3. The molecule has 46 heavy (non-hydrogen) atoms. The number of nitrogens with one attached hydrogen (secondary N) is 2. The lowest BCUT2D eigenvalue weighted by molar-refractivity contribution is -0.121. The zero-order valence-electron chi connectivity index (χ0n) is 28.7. The van der Waals surface area contributed by atoms with E-state index in [-0.39, 0.29) is 29.0 Å². The Morgan fingerprint density at radius 1 is 0.804 bits per heavy atom. The van der Waals surface area contributed by atoms with Crippen LogP contribution in [-0.2, 0) is 35.4 Å². The van der Waals surface area contributed by atoms with E-state index in [1.165, 1.54) is 37.4 Å². The summed E-state index contributed by atoms with van der Waals surface area (Å²) in [6.45, 7) is 16.0. The van der Waals surface area contributed by atoms with Crippen molar-refractivity contribution in [2.24, 2.45) is 4.99 Å². The van der Waals surface area contributed by atoms with Gasteiger partial charge in [-0.3, -0.25) is 24.7 Å². The highest BCUT2D eigenvalue weighted by Crippen LogP contribution is 2.26. The summed E-state index contributed by atoms with van der Waals surface area (Å²) in [6, 6.07) is 4.85. The number of unbranched alkanes of at least 4 members (excludes halogenated alkanes) is 1. The molecule has 2 amide bonds. The number of amides is 2. The van der Waals surface area contributed by atoms with E-state index in [0.717, 1.165) is 11.1 Å². The summed E-state index contributed by atoms with van der Waals surface area (Å²) in [6.07, 6.45) is 1.06. The van der Waals surface area contributed by atoms with Crippen molar-refractivity contribution in [3.8, 4) is 5.75 Å². The fourth-order valence-corrected chi connectivity index (χ4v) is 5.17. The summed E-state index contributed by atoms with van der Waals surface area (Å²) >= 11 is 2.40. The number of ketones is 1. The number of rotatable bonds is 16. The summed E-state index contributed by atoms with van der Waals surface area (Å²) in [4.78, 5) is 64.8. The second kappa shape index (κ2) is 20.2. The Morgan fingerprint density at radius 3 is 1.98 bits per heavy atom. The number of alkyl carbamates (subject to hydrolysis) is 2. The minimum Gasteiger partial charge on any atom is -0.494 e. The van der Waals surface area contributed by atoms with Crippen LogP contribution < -0.4 is 15.4 Å². The van der Waals surface area contributed by atoms with Gasteiger partial charge in [0, 0.05) is 38.3 Å². The van der Waals surface area contributed by atoms with Crippen molar-refractivity contribution in [3.63, 3.8) is 0 Å². The zero-order valence-corrected chi connectivity index (χ0v) is 30.3. The first kappa shape index (κ1) is 41.0. The number of carbonyl (C=O) groups is 5. The van der Waals surface area contributed by atoms with Crippen LogP contribution in [0.1, 0.15) is 106 Å². The molecule has 0 aliphatic heterocycles. The highest BCUT2D eigenvalue weighted by Gasteiger charge is 2.24. The van der Waals surface area contributed by atoms with Crippen LogP contribution in [0.3, 0.4) is 0 Å². The van der Waals surface area contributed by atoms with Gasteiger partial charge in [-0.25, -0.2) is 9.59 Å². The Hall–Kier alpha value is -3.06. The molecule has 1 atom stereocenters. The summed E-state index contributed by atoms with van der Waals surface area (Å²) in [5.41, 5.74) is 0.569. The normalized spacial score (nSPS) is 12.6. The highest BCUT2D eigenvalue weighted by atomic mass is 32.2. The molecule has 0 saturated heterocycles. The van der Waals surface area contributed by atoms with Crippen molar-refractivity contribution in [3.05, 3.63) is 29.3 Å².